The van der Waals surface area contributed by atoms with Gasteiger partial charge in [-0.1, -0.05) is 0 Å². The van der Waals surface area contributed by atoms with Gasteiger partial charge in [-0.15, -0.1) is 0 Å². The molecule has 2 heterocycles. The smallest absolute Gasteiger partial charge is 0.119 e. The maximum atomic E-state index is 3.90. The summed E-state index contributed by atoms with van der Waals surface area (Å²) in [6.07, 6.45) is 1.90. The van der Waals surface area contributed by atoms with Gasteiger partial charge in [-0.25, -0.2) is 0 Å². The molecule has 0 amide bonds. The first-order chi connectivity index (χ1) is 3.97. The lowest BCUT2D eigenvalue weighted by atomic mass is 10.3. The van der Waals surface area contributed by atoms with Gasteiger partial charge in [-0.3, -0.25) is 5.10 Å². The molecule has 3 heteroatoms. The second-order valence-electron chi connectivity index (χ2n) is 2.07. The number of aromatic nitrogens is 2. The fourth-order valence-corrected chi connectivity index (χ4v) is 1.06. The van der Waals surface area contributed by atoms with E-state index >= 15 is 0 Å². The van der Waals surface area contributed by atoms with Crippen molar-refractivity contribution in [1.82, 2.24) is 10.2 Å². The lowest BCUT2D eigenvalue weighted by Gasteiger charge is -1.79. The van der Waals surface area contributed by atoms with Gasteiger partial charge >= 0.3 is 0 Å². The van der Waals surface area contributed by atoms with E-state index in [1.807, 2.05) is 6.20 Å². The topological polar surface area (TPSA) is 45.3 Å². The standard InChI is InChI=1S/C5H7N3/c1-4-2-7-8-5(4)3-6-1/h2,6H,1,3H2,(H,7,8)/p+1. The average Bonchev–Trinajstić information content (AvgIpc) is 2.15. The van der Waals surface area contributed by atoms with E-state index in [2.05, 4.69) is 15.5 Å². The Morgan fingerprint density at radius 3 is 3.50 bits per heavy atom. The molecular formula is C5H8N3+. The Kier molecular flexibility index (Phi) is 0.676. The Bertz CT molecular complexity index is 173. The molecule has 42 valence electrons. The van der Waals surface area contributed by atoms with Crippen molar-refractivity contribution in [2.75, 3.05) is 0 Å². The molecule has 0 radical (unpaired) electrons. The number of nitrogens with two attached hydrogens (primary N) is 1. The van der Waals surface area contributed by atoms with Crippen molar-refractivity contribution in [2.24, 2.45) is 0 Å². The van der Waals surface area contributed by atoms with Crippen molar-refractivity contribution < 1.29 is 5.32 Å². The zero-order valence-corrected chi connectivity index (χ0v) is 4.52. The molecule has 0 aliphatic carbocycles. The molecule has 1 aliphatic rings. The summed E-state index contributed by atoms with van der Waals surface area (Å²) in [5, 5.41) is 9.09. The minimum Gasteiger partial charge on any atom is -0.337 e. The van der Waals surface area contributed by atoms with E-state index in [9.17, 15) is 0 Å². The molecule has 0 atom stereocenters. The van der Waals surface area contributed by atoms with E-state index in [0.717, 1.165) is 13.1 Å². The minimum absolute atomic E-state index is 1.08. The molecule has 1 aliphatic heterocycles. The minimum atomic E-state index is 1.08. The van der Waals surface area contributed by atoms with Crippen molar-refractivity contribution >= 4 is 0 Å². The first-order valence-electron chi connectivity index (χ1n) is 2.79. The average molecular weight is 110 g/mol. The van der Waals surface area contributed by atoms with Crippen molar-refractivity contribution in [2.45, 2.75) is 13.1 Å². The van der Waals surface area contributed by atoms with E-state index in [0.29, 0.717) is 0 Å². The number of hydrogen-bond donors (Lipinski definition) is 2. The lowest BCUT2D eigenvalue weighted by Crippen LogP contribution is -2.77. The van der Waals surface area contributed by atoms with Crippen LogP contribution in [0.5, 0.6) is 0 Å². The summed E-state index contributed by atoms with van der Waals surface area (Å²) >= 11 is 0. The molecule has 8 heavy (non-hydrogen) atoms. The van der Waals surface area contributed by atoms with E-state index in [1.54, 1.807) is 0 Å². The zero-order chi connectivity index (χ0) is 5.40. The molecule has 0 spiro atoms. The van der Waals surface area contributed by atoms with Gasteiger partial charge in [-0.05, 0) is 0 Å². The van der Waals surface area contributed by atoms with Crippen LogP contribution in [0.1, 0.15) is 11.3 Å². The third-order valence-electron chi connectivity index (χ3n) is 1.52. The second-order valence-corrected chi connectivity index (χ2v) is 2.07. The van der Waals surface area contributed by atoms with Gasteiger partial charge in [0.25, 0.3) is 0 Å². The van der Waals surface area contributed by atoms with Crippen molar-refractivity contribution in [3.8, 4) is 0 Å². The lowest BCUT2D eigenvalue weighted by molar-refractivity contribution is -0.676. The number of hydrogen-bond acceptors (Lipinski definition) is 1. The second kappa shape index (κ2) is 1.32. The van der Waals surface area contributed by atoms with Crippen LogP contribution in [-0.4, -0.2) is 10.2 Å². The zero-order valence-electron chi connectivity index (χ0n) is 4.52. The summed E-state index contributed by atoms with van der Waals surface area (Å²) in [6.45, 7) is 2.18. The molecule has 2 rings (SSSR count). The molecule has 1 aromatic heterocycles. The van der Waals surface area contributed by atoms with Gasteiger partial charge in [-0.2, -0.15) is 5.10 Å². The van der Waals surface area contributed by atoms with E-state index < -0.39 is 0 Å². The molecule has 0 saturated heterocycles. The molecule has 3 N–H and O–H groups in total. The largest absolute Gasteiger partial charge is 0.337 e. The van der Waals surface area contributed by atoms with Crippen LogP contribution >= 0.6 is 0 Å². The maximum Gasteiger partial charge on any atom is 0.119 e. The Morgan fingerprint density at radius 2 is 2.62 bits per heavy atom. The summed E-state index contributed by atoms with van der Waals surface area (Å²) in [6, 6.07) is 0. The molecular weight excluding hydrogens is 102 g/mol. The third kappa shape index (κ3) is 0.391. The number of nitrogens with zero attached hydrogens (tertiary/aromatic N) is 1. The quantitative estimate of drug-likeness (QED) is 0.441. The highest BCUT2D eigenvalue weighted by Gasteiger charge is 2.13. The van der Waals surface area contributed by atoms with Crippen molar-refractivity contribution in [3.05, 3.63) is 17.5 Å². The first kappa shape index (κ1) is 4.09. The predicted molar refractivity (Wildman–Crippen MR) is 27.9 cm³/mol. The summed E-state index contributed by atoms with van der Waals surface area (Å²) in [7, 11) is 0. The van der Waals surface area contributed by atoms with Gasteiger partial charge in [0.2, 0.25) is 0 Å². The van der Waals surface area contributed by atoms with E-state index in [1.165, 1.54) is 11.3 Å². The van der Waals surface area contributed by atoms with Crippen LogP contribution in [0.2, 0.25) is 0 Å². The summed E-state index contributed by atoms with van der Waals surface area (Å²) in [5.74, 6) is 0. The first-order valence-corrected chi connectivity index (χ1v) is 2.79. The van der Waals surface area contributed by atoms with Crippen molar-refractivity contribution in [1.29, 1.82) is 0 Å². The van der Waals surface area contributed by atoms with E-state index in [4.69, 9.17) is 0 Å². The normalized spacial score (nSPS) is 16.5. The van der Waals surface area contributed by atoms with E-state index in [-0.39, 0.29) is 0 Å². The predicted octanol–water partition coefficient (Wildman–Crippen LogP) is -1.01. The van der Waals surface area contributed by atoms with Crippen LogP contribution in [0, 0.1) is 0 Å². The van der Waals surface area contributed by atoms with Gasteiger partial charge in [0.05, 0.1) is 17.5 Å². The van der Waals surface area contributed by atoms with Gasteiger partial charge in [0, 0.05) is 0 Å². The summed E-state index contributed by atoms with van der Waals surface area (Å²) in [4.78, 5) is 0. The van der Waals surface area contributed by atoms with Crippen LogP contribution in [0.4, 0.5) is 0 Å². The monoisotopic (exact) mass is 110 g/mol. The Balaban J connectivity index is 2.54. The fourth-order valence-electron chi connectivity index (χ4n) is 1.06. The SMILES string of the molecule is c1n[nH]c2c1C[NH2+]C2. The number of rotatable bonds is 0. The number of H-pyrrole nitrogens is 1. The number of nitrogens with one attached hydrogen (secondary N) is 1. The maximum absolute atomic E-state index is 3.90. The molecule has 3 nitrogen and oxygen atoms in total. The molecule has 1 aromatic rings. The highest BCUT2D eigenvalue weighted by molar-refractivity contribution is 5.15. The van der Waals surface area contributed by atoms with Crippen molar-refractivity contribution in [3.63, 3.8) is 0 Å². The van der Waals surface area contributed by atoms with Crippen LogP contribution < -0.4 is 5.32 Å². The molecule has 0 bridgehead atoms. The van der Waals surface area contributed by atoms with Crippen LogP contribution in [-0.2, 0) is 13.1 Å². The molecule has 0 aromatic carbocycles. The number of fused-ring (bicyclic) bond motifs is 1. The van der Waals surface area contributed by atoms with Gasteiger partial charge < -0.3 is 5.32 Å². The van der Waals surface area contributed by atoms with Gasteiger partial charge in [0.15, 0.2) is 0 Å². The highest BCUT2D eigenvalue weighted by atomic mass is 15.1. The Labute approximate surface area is 47.1 Å². The van der Waals surface area contributed by atoms with Crippen LogP contribution in [0.25, 0.3) is 0 Å². The Hall–Kier alpha value is -0.830. The molecule has 0 unspecified atom stereocenters. The fraction of sp³-hybridized carbons (Fsp3) is 0.400. The van der Waals surface area contributed by atoms with Crippen LogP contribution in [0.15, 0.2) is 6.20 Å². The number of quaternary nitrogens is 1. The van der Waals surface area contributed by atoms with Gasteiger partial charge in [0.1, 0.15) is 13.1 Å². The Morgan fingerprint density at radius 1 is 1.62 bits per heavy atom. The summed E-state index contributed by atoms with van der Waals surface area (Å²) in [5.41, 5.74) is 2.66. The molecule has 0 fully saturated rings. The number of aromatic amines is 1. The molecule has 0 saturated carbocycles. The highest BCUT2D eigenvalue weighted by Crippen LogP contribution is 2.03. The third-order valence-corrected chi connectivity index (χ3v) is 1.52. The summed E-state index contributed by atoms with van der Waals surface area (Å²) < 4.78 is 0. The van der Waals surface area contributed by atoms with Crippen LogP contribution in [0.3, 0.4) is 0 Å².